The average Bonchev–Trinajstić information content (AvgIpc) is 3.92. The number of hydrogen-bond acceptors (Lipinski definition) is 14. The Labute approximate surface area is 453 Å². The number of carboxylic acids is 1. The van der Waals surface area contributed by atoms with Crippen molar-refractivity contribution in [3.8, 4) is 23.8 Å². The molecule has 18 nitrogen and oxygen atoms in total. The summed E-state index contributed by atoms with van der Waals surface area (Å²) < 4.78 is 94.7. The normalized spacial score (nSPS) is 13.9. The highest BCUT2D eigenvalue weighted by atomic mass is 35.5. The minimum atomic E-state index is -4.71. The van der Waals surface area contributed by atoms with E-state index in [-0.39, 0.29) is 64.1 Å². The van der Waals surface area contributed by atoms with Crippen molar-refractivity contribution in [2.24, 2.45) is 5.73 Å². The number of alkyl halides is 4. The number of aromatic nitrogens is 3. The van der Waals surface area contributed by atoms with Gasteiger partial charge in [0, 0.05) is 49.2 Å². The third kappa shape index (κ3) is 18.6. The summed E-state index contributed by atoms with van der Waals surface area (Å²) in [7, 11) is -5.51. The van der Waals surface area contributed by atoms with Crippen LogP contribution < -0.4 is 21.1 Å². The van der Waals surface area contributed by atoms with Crippen molar-refractivity contribution in [1.82, 2.24) is 14.9 Å². The van der Waals surface area contributed by atoms with Crippen LogP contribution in [0.5, 0.6) is 5.75 Å². The molecular formula is C50H60Cl3F3N5O13PS. The Morgan fingerprint density at radius 1 is 1.09 bits per heavy atom. The van der Waals surface area contributed by atoms with Crippen LogP contribution in [0.3, 0.4) is 0 Å². The van der Waals surface area contributed by atoms with Crippen LogP contribution in [0.25, 0.3) is 5.69 Å². The van der Waals surface area contributed by atoms with Crippen LogP contribution in [0.1, 0.15) is 104 Å². The maximum absolute atomic E-state index is 12.8. The average molecular weight is 1170 g/mol. The van der Waals surface area contributed by atoms with Crippen LogP contribution in [0.15, 0.2) is 73.4 Å². The number of nitrogens with zero attached hydrogens (tertiary/aromatic N) is 4. The Balaban J connectivity index is 0.000000276. The van der Waals surface area contributed by atoms with Crippen molar-refractivity contribution >= 4 is 75.4 Å². The van der Waals surface area contributed by atoms with E-state index in [0.717, 1.165) is 53.1 Å². The number of ether oxygens (including phenoxy) is 2. The largest absolute Gasteiger partial charge is 0.480 e. The third-order valence-corrected chi connectivity index (χ3v) is 13.9. The van der Waals surface area contributed by atoms with E-state index in [9.17, 15) is 45.3 Å². The van der Waals surface area contributed by atoms with Gasteiger partial charge in [0.05, 0.1) is 56.3 Å². The number of halogens is 6. The lowest BCUT2D eigenvalue weighted by atomic mass is 9.97. The minimum Gasteiger partial charge on any atom is -0.480 e. The molecule has 0 radical (unpaired) electrons. The van der Waals surface area contributed by atoms with Crippen LogP contribution >= 0.6 is 42.2 Å². The van der Waals surface area contributed by atoms with Crippen LogP contribution in [0.4, 0.5) is 18.9 Å². The van der Waals surface area contributed by atoms with E-state index >= 15 is 0 Å². The summed E-state index contributed by atoms with van der Waals surface area (Å²) in [4.78, 5) is 56.8. The van der Waals surface area contributed by atoms with Crippen LogP contribution in [-0.4, -0.2) is 108 Å². The Hall–Kier alpha value is -5.50. The summed E-state index contributed by atoms with van der Waals surface area (Å²) in [6.07, 6.45) is 4.89. The number of carbonyl (C=O) groups excluding carboxylic acids is 2. The second-order valence-electron chi connectivity index (χ2n) is 18.4. The van der Waals surface area contributed by atoms with Crippen molar-refractivity contribution in [2.45, 2.75) is 102 Å². The molecule has 4 N–H and O–H groups in total. The molecule has 1 fully saturated rings. The summed E-state index contributed by atoms with van der Waals surface area (Å²) in [5.41, 5.74) is 6.83. The van der Waals surface area contributed by atoms with Crippen molar-refractivity contribution in [3.05, 3.63) is 115 Å². The van der Waals surface area contributed by atoms with E-state index in [0.29, 0.717) is 41.8 Å². The Morgan fingerprint density at radius 3 is 2.24 bits per heavy atom. The quantitative estimate of drug-likeness (QED) is 0.0339. The number of benzene rings is 3. The molecule has 1 amide bonds. The molecule has 1 aliphatic carbocycles. The molecular weight excluding hydrogens is 1100 g/mol. The zero-order valence-corrected chi connectivity index (χ0v) is 47.0. The number of hydrogen-bond donors (Lipinski definition) is 3. The number of aryl methyl sites for hydroxylation is 2. The molecule has 416 valence electrons. The molecule has 76 heavy (non-hydrogen) atoms. The van der Waals surface area contributed by atoms with E-state index in [1.54, 1.807) is 12.0 Å². The Bertz CT molecular complexity index is 3110. The molecule has 5 aromatic rings. The molecule has 0 aliphatic heterocycles. The monoisotopic (exact) mass is 1160 g/mol. The van der Waals surface area contributed by atoms with Crippen molar-refractivity contribution in [3.63, 3.8) is 0 Å². The molecule has 6 rings (SSSR count). The number of sulfone groups is 1. The van der Waals surface area contributed by atoms with Crippen molar-refractivity contribution < 1.29 is 69.0 Å². The maximum Gasteiger partial charge on any atom is 0.442 e. The zero-order chi connectivity index (χ0) is 57.7. The smallest absolute Gasteiger partial charge is 0.442 e. The summed E-state index contributed by atoms with van der Waals surface area (Å²) in [6.45, 7) is 13.4. The fourth-order valence-electron chi connectivity index (χ4n) is 6.86. The van der Waals surface area contributed by atoms with Gasteiger partial charge in [-0.3, -0.25) is 18.9 Å². The minimum absolute atomic E-state index is 0.0223. The number of terminal acetylenes is 1. The summed E-state index contributed by atoms with van der Waals surface area (Å²) >= 11 is 17.9. The molecule has 0 spiro atoms. The first kappa shape index (κ1) is 64.8. The number of para-hydroxylation sites is 1. The predicted octanol–water partition coefficient (Wildman–Crippen LogP) is 9.50. The van der Waals surface area contributed by atoms with E-state index in [1.807, 2.05) is 46.8 Å². The van der Waals surface area contributed by atoms with Crippen molar-refractivity contribution in [2.75, 3.05) is 50.2 Å². The number of amides is 1. The van der Waals surface area contributed by atoms with Crippen molar-refractivity contribution in [1.29, 1.82) is 0 Å². The third-order valence-electron chi connectivity index (χ3n) is 10.8. The van der Waals surface area contributed by atoms with E-state index < -0.39 is 62.8 Å². The van der Waals surface area contributed by atoms with Gasteiger partial charge >= 0.3 is 17.9 Å². The first-order valence-electron chi connectivity index (χ1n) is 23.0. The number of ketones is 1. The van der Waals surface area contributed by atoms with E-state index in [1.165, 1.54) is 25.0 Å². The van der Waals surface area contributed by atoms with Gasteiger partial charge in [-0.05, 0) is 74.9 Å². The van der Waals surface area contributed by atoms with Gasteiger partial charge in [-0.2, -0.15) is 17.9 Å². The summed E-state index contributed by atoms with van der Waals surface area (Å²) in [6, 6.07) is 10.0. The molecule has 1 saturated carbocycles. The predicted molar refractivity (Wildman–Crippen MR) is 283 cm³/mol. The summed E-state index contributed by atoms with van der Waals surface area (Å²) in [5.74, 6) is 0.731. The molecule has 2 heterocycles. The molecule has 2 aromatic heterocycles. The lowest BCUT2D eigenvalue weighted by molar-refractivity contribution is -0.139. The molecule has 1 aliphatic rings. The fourth-order valence-corrected chi connectivity index (χ4v) is 9.17. The number of carboxylic acid groups (broad SMARTS) is 1. The topological polar surface area (TPSA) is 265 Å². The second kappa shape index (κ2) is 27.7. The van der Waals surface area contributed by atoms with Gasteiger partial charge in [0.2, 0.25) is 11.8 Å². The van der Waals surface area contributed by atoms with Gasteiger partial charge in [0.25, 0.3) is 0 Å². The van der Waals surface area contributed by atoms with E-state index in [2.05, 4.69) is 29.2 Å². The number of rotatable bonds is 17. The number of nitrogens with two attached hydrogens (primary N) is 1. The standard InChI is InChI=1S/C15H14Cl2N2O3.C15H22ClNO2.C15H12F3NO4S.C5H12NO4P/c1-5-6-21-12-8-11(9(16)7-10(12)17)19-14(20)22-13(18-19)15(2,3)4;1-5-13-8-6-7-11(2)15(13)17(14(18)9-16)12(3)10-19-4;1-24(21,22)12-6-9(15(16,17)18)4-5-10(12)13(20)11-7-19-23-14(11)8-2-3-8;1-11(9,10)3-2-4(6)5(7)8/h1,7-8H,6H2,2-4H3;6-8,12H,5,9-10H2,1-4H3;4-8H,2-3H2,1H3;4H,2-3,6H2,1H3,(H,7,8)(H,9,10). The molecule has 0 bridgehead atoms. The lowest BCUT2D eigenvalue weighted by Crippen LogP contribution is -2.43. The summed E-state index contributed by atoms with van der Waals surface area (Å²) in [5, 5.41) is 16.5. The SMILES string of the molecule is C#CCOc1cc(-n2nc(C(C)(C)C)oc2=O)c(Cl)cc1Cl.CCc1cccc(C)c1N(C(=O)CCl)C(C)COC.CP(=O)(O)CCC(N)C(=O)O.CS(=O)(=O)c1cc(C(F)(F)F)ccc1C(=O)c1cnoc1C1CC1. The van der Waals surface area contributed by atoms with Gasteiger partial charge in [0.1, 0.15) is 24.3 Å². The van der Waals surface area contributed by atoms with Gasteiger partial charge in [-0.15, -0.1) is 23.1 Å². The highest BCUT2D eigenvalue weighted by molar-refractivity contribution is 7.90. The molecule has 3 atom stereocenters. The number of carbonyl (C=O) groups is 3. The molecule has 3 aromatic carbocycles. The highest BCUT2D eigenvalue weighted by Crippen LogP contribution is 2.43. The second-order valence-corrected chi connectivity index (χ2v) is 24.0. The number of methoxy groups -OCH3 is 1. The van der Waals surface area contributed by atoms with Gasteiger partial charge in [0.15, 0.2) is 28.7 Å². The number of anilines is 1. The number of aliphatic carboxylic acids is 1. The molecule has 3 unspecified atom stereocenters. The maximum atomic E-state index is 12.8. The highest BCUT2D eigenvalue weighted by Gasteiger charge is 2.36. The first-order chi connectivity index (χ1) is 35.2. The fraction of sp³-hybridized carbons (Fsp3) is 0.440. The Kier molecular flexibility index (Phi) is 23.6. The van der Waals surface area contributed by atoms with Gasteiger partial charge in [-0.25, -0.2) is 13.2 Å². The lowest BCUT2D eigenvalue weighted by Gasteiger charge is -2.31. The van der Waals surface area contributed by atoms with Gasteiger partial charge < -0.3 is 39.0 Å². The van der Waals surface area contributed by atoms with Crippen LogP contribution in [0.2, 0.25) is 10.0 Å². The van der Waals surface area contributed by atoms with Crippen LogP contribution in [-0.2, 0) is 46.7 Å². The molecule has 0 saturated heterocycles. The van der Waals surface area contributed by atoms with Gasteiger partial charge in [-0.1, -0.05) is 80.2 Å². The zero-order valence-electron chi connectivity index (χ0n) is 43.0. The first-order valence-corrected chi connectivity index (χ1v) is 28.5. The molecule has 26 heteroatoms. The Morgan fingerprint density at radius 2 is 1.74 bits per heavy atom. The van der Waals surface area contributed by atoms with E-state index in [4.69, 9.17) is 75.4 Å². The van der Waals surface area contributed by atoms with Crippen LogP contribution in [0, 0.1) is 19.3 Å².